The van der Waals surface area contributed by atoms with Gasteiger partial charge in [0.1, 0.15) is 5.52 Å². The molecule has 0 atom stereocenters. The molecule has 7 aromatic carbocycles. The van der Waals surface area contributed by atoms with Gasteiger partial charge in [0.2, 0.25) is 5.89 Å². The van der Waals surface area contributed by atoms with Crippen LogP contribution in [0.3, 0.4) is 0 Å². The summed E-state index contributed by atoms with van der Waals surface area (Å²) < 4.78 is 6.28. The quantitative estimate of drug-likeness (QED) is 0.174. The normalized spacial score (nSPS) is 11.8. The number of para-hydroxylation sites is 1. The van der Waals surface area contributed by atoms with Gasteiger partial charge in [-0.25, -0.2) is 9.97 Å². The number of rotatable bonds is 4. The zero-order valence-corrected chi connectivity index (χ0v) is 28.4. The molecule has 246 valence electrons. The summed E-state index contributed by atoms with van der Waals surface area (Å²) in [6.07, 6.45) is 3.67. The molecule has 0 aliphatic rings. The number of hydrogen-bond acceptors (Lipinski definition) is 5. The molecule has 0 radical (unpaired) electrons. The Morgan fingerprint density at radius 1 is 0.396 bits per heavy atom. The van der Waals surface area contributed by atoms with Gasteiger partial charge in [-0.3, -0.25) is 9.97 Å². The van der Waals surface area contributed by atoms with Crippen molar-refractivity contribution in [3.05, 3.63) is 170 Å². The second-order valence-corrected chi connectivity index (χ2v) is 13.5. The van der Waals surface area contributed by atoms with Gasteiger partial charge in [0.05, 0.1) is 22.2 Å². The molecule has 0 aliphatic carbocycles. The summed E-state index contributed by atoms with van der Waals surface area (Å²) in [5.41, 5.74) is 11.9. The molecule has 0 saturated carbocycles. The predicted molar refractivity (Wildman–Crippen MR) is 217 cm³/mol. The summed E-state index contributed by atoms with van der Waals surface area (Å²) in [5, 5.41) is 7.72. The summed E-state index contributed by atoms with van der Waals surface area (Å²) >= 11 is 0. The lowest BCUT2D eigenvalue weighted by atomic mass is 9.94. The number of nitrogens with zero attached hydrogens (tertiary/aromatic N) is 4. The smallest absolute Gasteiger partial charge is 0.227 e. The minimum atomic E-state index is 0.614. The zero-order chi connectivity index (χ0) is 34.9. The van der Waals surface area contributed by atoms with Crippen molar-refractivity contribution in [1.29, 1.82) is 0 Å². The Bertz CT molecular complexity index is 3220. The van der Waals surface area contributed by atoms with Gasteiger partial charge < -0.3 is 4.42 Å². The monoisotopic (exact) mass is 676 g/mol. The Morgan fingerprint density at radius 3 is 1.96 bits per heavy atom. The Kier molecular flexibility index (Phi) is 6.48. The van der Waals surface area contributed by atoms with E-state index < -0.39 is 0 Å². The average molecular weight is 677 g/mol. The van der Waals surface area contributed by atoms with Crippen LogP contribution in [0.25, 0.3) is 110 Å². The van der Waals surface area contributed by atoms with Gasteiger partial charge in [-0.1, -0.05) is 97.1 Å². The van der Waals surface area contributed by atoms with E-state index in [0.29, 0.717) is 5.89 Å². The fourth-order valence-corrected chi connectivity index (χ4v) is 7.78. The van der Waals surface area contributed by atoms with Gasteiger partial charge in [-0.05, 0) is 93.7 Å². The number of fused-ring (bicyclic) bond motifs is 9. The van der Waals surface area contributed by atoms with Crippen LogP contribution in [0.15, 0.2) is 175 Å². The van der Waals surface area contributed by atoms with E-state index in [4.69, 9.17) is 19.4 Å². The van der Waals surface area contributed by atoms with Gasteiger partial charge in [-0.2, -0.15) is 0 Å². The molecular formula is C48H28N4O. The van der Waals surface area contributed by atoms with Gasteiger partial charge in [-0.15, -0.1) is 0 Å². The van der Waals surface area contributed by atoms with E-state index >= 15 is 0 Å². The molecule has 11 aromatic rings. The first-order chi connectivity index (χ1) is 26.2. The van der Waals surface area contributed by atoms with Crippen molar-refractivity contribution in [3.8, 4) is 45.0 Å². The minimum absolute atomic E-state index is 0.614. The molecule has 5 nitrogen and oxygen atoms in total. The van der Waals surface area contributed by atoms with Gasteiger partial charge in [0.25, 0.3) is 0 Å². The third-order valence-corrected chi connectivity index (χ3v) is 10.3. The largest absolute Gasteiger partial charge is 0.436 e. The van der Waals surface area contributed by atoms with Crippen LogP contribution in [-0.4, -0.2) is 19.9 Å². The fraction of sp³-hybridized carbons (Fsp3) is 0. The average Bonchev–Trinajstić information content (AvgIpc) is 3.68. The first-order valence-corrected chi connectivity index (χ1v) is 17.7. The van der Waals surface area contributed by atoms with Gasteiger partial charge >= 0.3 is 0 Å². The van der Waals surface area contributed by atoms with E-state index in [9.17, 15) is 0 Å². The summed E-state index contributed by atoms with van der Waals surface area (Å²) in [5.74, 6) is 0.614. The molecule has 0 saturated heterocycles. The number of pyridine rings is 3. The zero-order valence-electron chi connectivity index (χ0n) is 28.4. The molecule has 0 bridgehead atoms. The van der Waals surface area contributed by atoms with E-state index in [2.05, 4.69) is 108 Å². The van der Waals surface area contributed by atoms with E-state index in [0.717, 1.165) is 93.7 Å². The van der Waals surface area contributed by atoms with E-state index in [1.165, 1.54) is 10.8 Å². The van der Waals surface area contributed by atoms with Crippen molar-refractivity contribution in [2.24, 2.45) is 0 Å². The molecular weight excluding hydrogens is 649 g/mol. The lowest BCUT2D eigenvalue weighted by Gasteiger charge is -2.12. The van der Waals surface area contributed by atoms with Crippen LogP contribution in [0.2, 0.25) is 0 Å². The molecule has 53 heavy (non-hydrogen) atoms. The highest BCUT2D eigenvalue weighted by Gasteiger charge is 2.18. The predicted octanol–water partition coefficient (Wildman–Crippen LogP) is 12.4. The molecule has 0 fully saturated rings. The van der Waals surface area contributed by atoms with Crippen molar-refractivity contribution in [1.82, 2.24) is 19.9 Å². The van der Waals surface area contributed by atoms with Crippen LogP contribution >= 0.6 is 0 Å². The third kappa shape index (κ3) is 4.79. The second kappa shape index (κ2) is 11.7. The van der Waals surface area contributed by atoms with Crippen molar-refractivity contribution < 1.29 is 4.42 Å². The molecule has 5 heteroatoms. The molecule has 0 N–H and O–H groups in total. The fourth-order valence-electron chi connectivity index (χ4n) is 7.78. The highest BCUT2D eigenvalue weighted by molar-refractivity contribution is 6.20. The Morgan fingerprint density at radius 2 is 1.09 bits per heavy atom. The summed E-state index contributed by atoms with van der Waals surface area (Å²) in [6, 6.07) is 55.1. The molecule has 4 heterocycles. The molecule has 0 spiro atoms. The Hall–Kier alpha value is -7.24. The number of aromatic nitrogens is 4. The van der Waals surface area contributed by atoms with Crippen LogP contribution < -0.4 is 0 Å². The molecule has 0 aliphatic heterocycles. The van der Waals surface area contributed by atoms with Gasteiger partial charge in [0.15, 0.2) is 5.58 Å². The summed E-state index contributed by atoms with van der Waals surface area (Å²) in [7, 11) is 0. The molecule has 0 amide bonds. The van der Waals surface area contributed by atoms with Crippen LogP contribution in [-0.2, 0) is 0 Å². The van der Waals surface area contributed by atoms with Crippen LogP contribution in [0.1, 0.15) is 0 Å². The highest BCUT2D eigenvalue weighted by atomic mass is 16.3. The van der Waals surface area contributed by atoms with E-state index in [1.54, 1.807) is 0 Å². The minimum Gasteiger partial charge on any atom is -0.436 e. The molecule has 0 unspecified atom stereocenters. The first-order valence-electron chi connectivity index (χ1n) is 17.7. The number of benzene rings is 7. The van der Waals surface area contributed by atoms with Crippen molar-refractivity contribution in [2.75, 3.05) is 0 Å². The SMILES string of the molecule is c1ccc(-c2nc3c(ccc4c(-c5ccc(-c6ccc7cc(-c8cc9cccnc9c9ncccc89)ccc7c6)cc5)nc5ccccc5c43)o2)cc1. The maximum absolute atomic E-state index is 6.28. The van der Waals surface area contributed by atoms with Crippen molar-refractivity contribution in [3.63, 3.8) is 0 Å². The summed E-state index contributed by atoms with van der Waals surface area (Å²) in [6.45, 7) is 0. The molecule has 11 rings (SSSR count). The molecule has 4 aromatic heterocycles. The maximum atomic E-state index is 6.28. The van der Waals surface area contributed by atoms with Crippen LogP contribution in [0.4, 0.5) is 0 Å². The summed E-state index contributed by atoms with van der Waals surface area (Å²) in [4.78, 5) is 19.6. The van der Waals surface area contributed by atoms with E-state index in [1.807, 2.05) is 67.0 Å². The number of oxazole rings is 1. The maximum Gasteiger partial charge on any atom is 0.227 e. The van der Waals surface area contributed by atoms with Crippen molar-refractivity contribution >= 4 is 65.4 Å². The topological polar surface area (TPSA) is 64.7 Å². The first kappa shape index (κ1) is 29.5. The van der Waals surface area contributed by atoms with Crippen LogP contribution in [0.5, 0.6) is 0 Å². The lowest BCUT2D eigenvalue weighted by molar-refractivity contribution is 0.620. The third-order valence-electron chi connectivity index (χ3n) is 10.3. The lowest BCUT2D eigenvalue weighted by Crippen LogP contribution is -1.91. The Labute approximate surface area is 303 Å². The van der Waals surface area contributed by atoms with Crippen LogP contribution in [0, 0.1) is 0 Å². The van der Waals surface area contributed by atoms with Crippen molar-refractivity contribution in [2.45, 2.75) is 0 Å². The standard InChI is InChI=1S/C48H28N4O/c1-2-8-31(9-3-1)48-52-47-42(53-48)23-22-39-43(47)38-11-4-5-13-41(38)51-44(39)30-16-14-29(15-17-30)32-18-19-34-27-35(21-20-33(34)26-32)40-28-36-10-6-24-49-45(36)46-37(40)12-7-25-50-46/h1-28H. The second-order valence-electron chi connectivity index (χ2n) is 13.5. The van der Waals surface area contributed by atoms with E-state index in [-0.39, 0.29) is 0 Å². The number of hydrogen-bond donors (Lipinski definition) is 0. The Balaban J connectivity index is 0.977. The van der Waals surface area contributed by atoms with Gasteiger partial charge in [0, 0.05) is 50.5 Å². The highest BCUT2D eigenvalue weighted by Crippen LogP contribution is 2.39.